The third-order valence-corrected chi connectivity index (χ3v) is 7.76. The minimum absolute atomic E-state index is 0.0198. The summed E-state index contributed by atoms with van der Waals surface area (Å²) in [6.45, 7) is 3.82. The zero-order valence-corrected chi connectivity index (χ0v) is 27.2. The molecule has 4 rings (SSSR count). The molecule has 0 aliphatic heterocycles. The van der Waals surface area contributed by atoms with Gasteiger partial charge in [0.05, 0.1) is 35.0 Å². The zero-order chi connectivity index (χ0) is 33.1. The zero-order valence-electron chi connectivity index (χ0n) is 27.2. The first-order valence-electron chi connectivity index (χ1n) is 15.1. The summed E-state index contributed by atoms with van der Waals surface area (Å²) in [5.74, 6) is 1.29. The van der Waals surface area contributed by atoms with E-state index in [0.717, 1.165) is 11.1 Å². The lowest BCUT2D eigenvalue weighted by molar-refractivity contribution is -0.173. The van der Waals surface area contributed by atoms with Gasteiger partial charge in [-0.3, -0.25) is 0 Å². The summed E-state index contributed by atoms with van der Waals surface area (Å²) in [4.78, 5) is 21.9. The van der Waals surface area contributed by atoms with E-state index in [1.165, 1.54) is 0 Å². The molecule has 46 heavy (non-hydrogen) atoms. The molecule has 0 amide bonds. The molecular weight excluding hydrogens is 588 g/mol. The molecule has 0 aliphatic rings. The number of carboxylic acid groups (broad SMARTS) is 1. The highest BCUT2D eigenvalue weighted by atomic mass is 16.6. The van der Waals surface area contributed by atoms with Gasteiger partial charge in [-0.25, -0.2) is 14.8 Å². The summed E-state index contributed by atoms with van der Waals surface area (Å²) in [6, 6.07) is 22.5. The number of benzene rings is 3. The standard InChI is InChI=1S/C36H42N2O8/c1-24-21-25(2)38-35(37-24)46-33(34(39)40)36(28-12-8-7-9-13-28,19-10-11-26-14-16-29(41-3)31(22-26)43-5)45-20-18-27-15-17-30(42-4)32(23-27)44-6/h7-9,12-17,21-23,33H,10-11,18-20H2,1-6H3,(H,39,40). The van der Waals surface area contributed by atoms with Gasteiger partial charge in [0, 0.05) is 11.4 Å². The van der Waals surface area contributed by atoms with Gasteiger partial charge in [-0.1, -0.05) is 42.5 Å². The van der Waals surface area contributed by atoms with E-state index in [-0.39, 0.29) is 12.6 Å². The Morgan fingerprint density at radius 1 is 0.739 bits per heavy atom. The third-order valence-electron chi connectivity index (χ3n) is 7.76. The van der Waals surface area contributed by atoms with Crippen molar-refractivity contribution in [3.05, 3.63) is 101 Å². The number of aromatic nitrogens is 2. The van der Waals surface area contributed by atoms with E-state index in [1.54, 1.807) is 34.5 Å². The van der Waals surface area contributed by atoms with Crippen LogP contribution in [0.25, 0.3) is 0 Å². The molecule has 244 valence electrons. The minimum Gasteiger partial charge on any atom is -0.493 e. The number of nitrogens with zero attached hydrogens (tertiary/aromatic N) is 2. The summed E-state index contributed by atoms with van der Waals surface area (Å²) in [6.07, 6.45) is 0.532. The molecule has 0 saturated heterocycles. The van der Waals surface area contributed by atoms with Crippen molar-refractivity contribution < 1.29 is 38.3 Å². The van der Waals surface area contributed by atoms with E-state index in [2.05, 4.69) is 9.97 Å². The summed E-state index contributed by atoms with van der Waals surface area (Å²) >= 11 is 0. The average molecular weight is 631 g/mol. The van der Waals surface area contributed by atoms with Crippen molar-refractivity contribution in [2.24, 2.45) is 0 Å². The van der Waals surface area contributed by atoms with Gasteiger partial charge in [-0.15, -0.1) is 0 Å². The number of methoxy groups -OCH3 is 4. The van der Waals surface area contributed by atoms with Crippen molar-refractivity contribution in [2.45, 2.75) is 51.2 Å². The molecule has 10 nitrogen and oxygen atoms in total. The minimum atomic E-state index is -1.47. The molecule has 4 aromatic rings. The second kappa shape index (κ2) is 15.9. The highest BCUT2D eigenvalue weighted by Gasteiger charge is 2.48. The number of hydrogen-bond donors (Lipinski definition) is 1. The number of rotatable bonds is 17. The quantitative estimate of drug-likeness (QED) is 0.146. The van der Waals surface area contributed by atoms with Crippen molar-refractivity contribution in [3.63, 3.8) is 0 Å². The molecule has 1 N–H and O–H groups in total. The fourth-order valence-electron chi connectivity index (χ4n) is 5.55. The molecule has 0 saturated carbocycles. The van der Waals surface area contributed by atoms with Crippen LogP contribution in [-0.4, -0.2) is 62.2 Å². The molecule has 0 radical (unpaired) electrons. The van der Waals surface area contributed by atoms with Crippen molar-refractivity contribution in [2.75, 3.05) is 35.0 Å². The van der Waals surface area contributed by atoms with E-state index in [1.807, 2.05) is 80.6 Å². The van der Waals surface area contributed by atoms with Crippen LogP contribution in [0, 0.1) is 13.8 Å². The van der Waals surface area contributed by atoms with Crippen LogP contribution >= 0.6 is 0 Å². The smallest absolute Gasteiger partial charge is 0.348 e. The maximum absolute atomic E-state index is 13.1. The highest BCUT2D eigenvalue weighted by Crippen LogP contribution is 2.38. The van der Waals surface area contributed by atoms with E-state index in [4.69, 9.17) is 28.4 Å². The Kier molecular flexibility index (Phi) is 11.8. The number of carbonyl (C=O) groups is 1. The van der Waals surface area contributed by atoms with Crippen molar-refractivity contribution in [1.29, 1.82) is 0 Å². The number of aliphatic carboxylic acids is 1. The van der Waals surface area contributed by atoms with E-state index >= 15 is 0 Å². The maximum Gasteiger partial charge on any atom is 0.348 e. The lowest BCUT2D eigenvalue weighted by atomic mass is 9.82. The van der Waals surface area contributed by atoms with Crippen LogP contribution in [0.5, 0.6) is 29.0 Å². The second-order valence-electron chi connectivity index (χ2n) is 10.9. The number of carboxylic acids is 1. The predicted octanol–water partition coefficient (Wildman–Crippen LogP) is 6.14. The summed E-state index contributed by atoms with van der Waals surface area (Å²) in [5, 5.41) is 10.7. The molecule has 2 atom stereocenters. The van der Waals surface area contributed by atoms with Gasteiger partial charge in [0.1, 0.15) is 5.60 Å². The van der Waals surface area contributed by atoms with Gasteiger partial charge in [-0.2, -0.15) is 0 Å². The largest absolute Gasteiger partial charge is 0.493 e. The van der Waals surface area contributed by atoms with E-state index < -0.39 is 17.7 Å². The van der Waals surface area contributed by atoms with Gasteiger partial charge in [0.15, 0.2) is 23.0 Å². The Bertz CT molecular complexity index is 1510. The summed E-state index contributed by atoms with van der Waals surface area (Å²) < 4.78 is 34.7. The van der Waals surface area contributed by atoms with Gasteiger partial charge in [-0.05, 0) is 86.6 Å². The third kappa shape index (κ3) is 8.25. The van der Waals surface area contributed by atoms with Crippen LogP contribution < -0.4 is 23.7 Å². The average Bonchev–Trinajstić information content (AvgIpc) is 3.06. The van der Waals surface area contributed by atoms with Gasteiger partial charge < -0.3 is 33.5 Å². The Labute approximate surface area is 270 Å². The Balaban J connectivity index is 1.72. The molecule has 0 bridgehead atoms. The second-order valence-corrected chi connectivity index (χ2v) is 10.9. The lowest BCUT2D eigenvalue weighted by Crippen LogP contribution is -2.51. The van der Waals surface area contributed by atoms with Crippen LogP contribution in [0.1, 0.15) is 40.9 Å². The topological polar surface area (TPSA) is 118 Å². The Morgan fingerprint density at radius 2 is 1.28 bits per heavy atom. The number of aryl methyl sites for hydroxylation is 3. The lowest BCUT2D eigenvalue weighted by Gasteiger charge is -2.38. The number of hydrogen-bond acceptors (Lipinski definition) is 9. The molecular formula is C36H42N2O8. The van der Waals surface area contributed by atoms with Crippen LogP contribution in [0.3, 0.4) is 0 Å². The van der Waals surface area contributed by atoms with Gasteiger partial charge in [0.2, 0.25) is 6.10 Å². The molecule has 0 aliphatic carbocycles. The van der Waals surface area contributed by atoms with Gasteiger partial charge in [0.25, 0.3) is 0 Å². The van der Waals surface area contributed by atoms with Crippen molar-refractivity contribution in [3.8, 4) is 29.0 Å². The SMILES string of the molecule is COc1ccc(CCCC(OCCc2ccc(OC)c(OC)c2)(c2ccccc2)C(Oc2nc(C)cc(C)n2)C(=O)O)cc1OC. The molecule has 3 aromatic carbocycles. The first-order valence-corrected chi connectivity index (χ1v) is 15.1. The van der Waals surface area contributed by atoms with Crippen LogP contribution in [-0.2, 0) is 28.0 Å². The summed E-state index contributed by atoms with van der Waals surface area (Å²) in [5.41, 5.74) is 2.55. The normalized spacial score (nSPS) is 12.9. The Hall–Kier alpha value is -4.83. The number of ether oxygens (including phenoxy) is 6. The fourth-order valence-corrected chi connectivity index (χ4v) is 5.55. The van der Waals surface area contributed by atoms with Gasteiger partial charge >= 0.3 is 12.0 Å². The summed E-state index contributed by atoms with van der Waals surface area (Å²) in [7, 11) is 6.36. The molecule has 1 heterocycles. The Morgan fingerprint density at radius 3 is 1.80 bits per heavy atom. The fraction of sp³-hybridized carbons (Fsp3) is 0.361. The highest BCUT2D eigenvalue weighted by molar-refractivity contribution is 5.75. The van der Waals surface area contributed by atoms with Crippen LogP contribution in [0.4, 0.5) is 0 Å². The maximum atomic E-state index is 13.1. The van der Waals surface area contributed by atoms with Crippen molar-refractivity contribution >= 4 is 5.97 Å². The first kappa shape index (κ1) is 34.1. The van der Waals surface area contributed by atoms with Crippen molar-refractivity contribution in [1.82, 2.24) is 9.97 Å². The molecule has 0 spiro atoms. The van der Waals surface area contributed by atoms with E-state index in [0.29, 0.717) is 65.6 Å². The van der Waals surface area contributed by atoms with Crippen LogP contribution in [0.15, 0.2) is 72.8 Å². The van der Waals surface area contributed by atoms with E-state index in [9.17, 15) is 9.90 Å². The predicted molar refractivity (Wildman–Crippen MR) is 173 cm³/mol. The molecule has 0 fully saturated rings. The van der Waals surface area contributed by atoms with Crippen LogP contribution in [0.2, 0.25) is 0 Å². The first-order chi connectivity index (χ1) is 22.2. The molecule has 2 unspecified atom stereocenters. The monoisotopic (exact) mass is 630 g/mol. The molecule has 10 heteroatoms. The molecule has 1 aromatic heterocycles.